The van der Waals surface area contributed by atoms with Crippen LogP contribution in [0.15, 0.2) is 18.2 Å². The molecule has 1 aromatic rings. The van der Waals surface area contributed by atoms with Crippen LogP contribution in [0.2, 0.25) is 0 Å². The number of nitrogens with zero attached hydrogens (tertiary/aromatic N) is 1. The molecule has 2 N–H and O–H groups in total. The third-order valence-corrected chi connectivity index (χ3v) is 4.60. The number of rotatable bonds is 6. The van der Waals surface area contributed by atoms with Gasteiger partial charge in [-0.25, -0.2) is 4.39 Å². The summed E-state index contributed by atoms with van der Waals surface area (Å²) in [6.07, 6.45) is 5.52. The van der Waals surface area contributed by atoms with E-state index in [2.05, 4.69) is 10.2 Å². The van der Waals surface area contributed by atoms with E-state index < -0.39 is 0 Å². The summed E-state index contributed by atoms with van der Waals surface area (Å²) >= 11 is 0. The lowest BCUT2D eigenvalue weighted by Gasteiger charge is -2.35. The maximum absolute atomic E-state index is 14.4. The highest BCUT2D eigenvalue weighted by atomic mass is 19.1. The Morgan fingerprint density at radius 2 is 2.14 bits per heavy atom. The Kier molecular flexibility index (Phi) is 4.76. The molecule has 0 radical (unpaired) electrons. The smallest absolute Gasteiger partial charge is 0.146 e. The maximum Gasteiger partial charge on any atom is 0.146 e. The van der Waals surface area contributed by atoms with Gasteiger partial charge in [-0.1, -0.05) is 12.1 Å². The van der Waals surface area contributed by atoms with Gasteiger partial charge in [-0.15, -0.1) is 0 Å². The van der Waals surface area contributed by atoms with Gasteiger partial charge in [0, 0.05) is 32.3 Å². The summed E-state index contributed by atoms with van der Waals surface area (Å²) in [5.41, 5.74) is 1.83. The second kappa shape index (κ2) is 6.75. The van der Waals surface area contributed by atoms with Crippen LogP contribution in [0, 0.1) is 11.7 Å². The van der Waals surface area contributed by atoms with Gasteiger partial charge < -0.3 is 15.3 Å². The number of benzene rings is 1. The molecule has 1 saturated heterocycles. The van der Waals surface area contributed by atoms with Gasteiger partial charge in [-0.2, -0.15) is 0 Å². The van der Waals surface area contributed by atoms with Gasteiger partial charge in [0.05, 0.1) is 5.69 Å². The quantitative estimate of drug-likeness (QED) is 0.846. The fourth-order valence-electron chi connectivity index (χ4n) is 3.28. The van der Waals surface area contributed by atoms with Crippen molar-refractivity contribution in [3.63, 3.8) is 0 Å². The zero-order valence-electron chi connectivity index (χ0n) is 12.5. The number of piperidine rings is 1. The Hall–Kier alpha value is -1.13. The van der Waals surface area contributed by atoms with Crippen LogP contribution in [0.3, 0.4) is 0 Å². The van der Waals surface area contributed by atoms with Gasteiger partial charge in [0.1, 0.15) is 5.82 Å². The van der Waals surface area contributed by atoms with E-state index in [-0.39, 0.29) is 12.4 Å². The summed E-state index contributed by atoms with van der Waals surface area (Å²) < 4.78 is 14.4. The molecule has 1 heterocycles. The highest BCUT2D eigenvalue weighted by Gasteiger charge is 2.25. The second-order valence-corrected chi connectivity index (χ2v) is 6.37. The Balaban J connectivity index is 1.75. The standard InChI is InChI=1S/C17H25FN2O/c18-16-5-1-4-14(11-19-15-6-7-15)17(16)20-9-2-3-13(12-20)8-10-21/h1,4-5,13,15,19,21H,2-3,6-12H2. The van der Waals surface area contributed by atoms with Crippen molar-refractivity contribution in [3.8, 4) is 0 Å². The number of anilines is 1. The van der Waals surface area contributed by atoms with Crippen LogP contribution < -0.4 is 10.2 Å². The van der Waals surface area contributed by atoms with Crippen LogP contribution in [-0.4, -0.2) is 30.8 Å². The third-order valence-electron chi connectivity index (χ3n) is 4.60. The molecule has 2 aliphatic rings. The van der Waals surface area contributed by atoms with E-state index in [4.69, 9.17) is 5.11 Å². The molecule has 2 fully saturated rings. The Labute approximate surface area is 126 Å². The van der Waals surface area contributed by atoms with Crippen molar-refractivity contribution in [2.24, 2.45) is 5.92 Å². The molecule has 4 heteroatoms. The molecule has 1 unspecified atom stereocenters. The molecular formula is C17H25FN2O. The molecule has 3 nitrogen and oxygen atoms in total. The minimum Gasteiger partial charge on any atom is -0.396 e. The predicted octanol–water partition coefficient (Wildman–Crippen LogP) is 2.68. The maximum atomic E-state index is 14.4. The van der Waals surface area contributed by atoms with Gasteiger partial charge in [-0.05, 0) is 49.7 Å². The van der Waals surface area contributed by atoms with Gasteiger partial charge in [-0.3, -0.25) is 0 Å². The zero-order chi connectivity index (χ0) is 14.7. The number of hydrogen-bond acceptors (Lipinski definition) is 3. The number of hydrogen-bond donors (Lipinski definition) is 2. The summed E-state index contributed by atoms with van der Waals surface area (Å²) in [4.78, 5) is 2.18. The van der Waals surface area contributed by atoms with E-state index in [1.165, 1.54) is 12.8 Å². The fourth-order valence-corrected chi connectivity index (χ4v) is 3.28. The normalized spacial score (nSPS) is 22.6. The predicted molar refractivity (Wildman–Crippen MR) is 82.9 cm³/mol. The summed E-state index contributed by atoms with van der Waals surface area (Å²) in [5, 5.41) is 12.6. The van der Waals surface area contributed by atoms with Crippen molar-refractivity contribution in [2.45, 2.75) is 44.7 Å². The van der Waals surface area contributed by atoms with Crippen LogP contribution >= 0.6 is 0 Å². The molecule has 1 aliphatic carbocycles. The molecule has 0 bridgehead atoms. The number of aliphatic hydroxyl groups excluding tert-OH is 1. The van der Waals surface area contributed by atoms with Crippen molar-refractivity contribution >= 4 is 5.69 Å². The van der Waals surface area contributed by atoms with Gasteiger partial charge >= 0.3 is 0 Å². The third kappa shape index (κ3) is 3.74. The lowest BCUT2D eigenvalue weighted by molar-refractivity contribution is 0.244. The molecule has 0 spiro atoms. The summed E-state index contributed by atoms with van der Waals surface area (Å²) in [7, 11) is 0. The molecule has 3 rings (SSSR count). The highest BCUT2D eigenvalue weighted by Crippen LogP contribution is 2.31. The molecule has 116 valence electrons. The lowest BCUT2D eigenvalue weighted by Crippen LogP contribution is -2.37. The number of halogens is 1. The number of para-hydroxylation sites is 1. The molecule has 1 saturated carbocycles. The van der Waals surface area contributed by atoms with Crippen LogP contribution in [0.25, 0.3) is 0 Å². The van der Waals surface area contributed by atoms with Gasteiger partial charge in [0.25, 0.3) is 0 Å². The van der Waals surface area contributed by atoms with Crippen molar-refractivity contribution in [2.75, 3.05) is 24.6 Å². The van der Waals surface area contributed by atoms with Crippen molar-refractivity contribution in [1.82, 2.24) is 5.32 Å². The monoisotopic (exact) mass is 292 g/mol. The molecule has 0 aromatic heterocycles. The molecular weight excluding hydrogens is 267 g/mol. The second-order valence-electron chi connectivity index (χ2n) is 6.37. The van der Waals surface area contributed by atoms with Gasteiger partial charge in [0.15, 0.2) is 0 Å². The minimum absolute atomic E-state index is 0.116. The van der Waals surface area contributed by atoms with E-state index in [0.717, 1.165) is 50.1 Å². The first-order valence-corrected chi connectivity index (χ1v) is 8.14. The van der Waals surface area contributed by atoms with Crippen molar-refractivity contribution < 1.29 is 9.50 Å². The molecule has 0 amide bonds. The summed E-state index contributed by atoms with van der Waals surface area (Å²) in [5.74, 6) is 0.363. The van der Waals surface area contributed by atoms with E-state index in [9.17, 15) is 4.39 Å². The topological polar surface area (TPSA) is 35.5 Å². The Bertz CT molecular complexity index is 474. The zero-order valence-corrected chi connectivity index (χ0v) is 12.5. The Morgan fingerprint density at radius 3 is 2.90 bits per heavy atom. The largest absolute Gasteiger partial charge is 0.396 e. The van der Waals surface area contributed by atoms with Gasteiger partial charge in [0.2, 0.25) is 0 Å². The van der Waals surface area contributed by atoms with Crippen LogP contribution in [0.4, 0.5) is 10.1 Å². The molecule has 1 atom stereocenters. The number of aliphatic hydroxyl groups is 1. The van der Waals surface area contributed by atoms with E-state index >= 15 is 0 Å². The van der Waals surface area contributed by atoms with Crippen molar-refractivity contribution in [1.29, 1.82) is 0 Å². The first-order valence-electron chi connectivity index (χ1n) is 8.14. The van der Waals surface area contributed by atoms with Crippen LogP contribution in [0.5, 0.6) is 0 Å². The SMILES string of the molecule is OCCC1CCCN(c2c(F)cccc2CNC2CC2)C1. The fraction of sp³-hybridized carbons (Fsp3) is 0.647. The Morgan fingerprint density at radius 1 is 1.29 bits per heavy atom. The average Bonchev–Trinajstić information content (AvgIpc) is 3.30. The van der Waals surface area contributed by atoms with E-state index in [1.54, 1.807) is 12.1 Å². The number of nitrogens with one attached hydrogen (secondary N) is 1. The average molecular weight is 292 g/mol. The lowest BCUT2D eigenvalue weighted by atomic mass is 9.94. The first kappa shape index (κ1) is 14.8. The molecule has 21 heavy (non-hydrogen) atoms. The van der Waals surface area contributed by atoms with Crippen LogP contribution in [0.1, 0.15) is 37.7 Å². The van der Waals surface area contributed by atoms with E-state index in [0.29, 0.717) is 12.0 Å². The highest BCUT2D eigenvalue weighted by molar-refractivity contribution is 5.55. The summed E-state index contributed by atoms with van der Waals surface area (Å²) in [6.45, 7) is 2.75. The van der Waals surface area contributed by atoms with Crippen LogP contribution in [-0.2, 0) is 6.54 Å². The molecule has 1 aliphatic heterocycles. The van der Waals surface area contributed by atoms with Crippen molar-refractivity contribution in [3.05, 3.63) is 29.6 Å². The first-order chi connectivity index (χ1) is 10.3. The summed E-state index contributed by atoms with van der Waals surface area (Å²) in [6, 6.07) is 6.03. The molecule has 1 aromatic carbocycles. The minimum atomic E-state index is -0.116. The van der Waals surface area contributed by atoms with E-state index in [1.807, 2.05) is 6.07 Å².